The van der Waals surface area contributed by atoms with Crippen LogP contribution < -0.4 is 5.73 Å². The van der Waals surface area contributed by atoms with E-state index in [-0.39, 0.29) is 12.2 Å². The molecule has 2 atom stereocenters. The van der Waals surface area contributed by atoms with Crippen molar-refractivity contribution in [1.82, 2.24) is 4.90 Å². The molecule has 0 saturated carbocycles. The van der Waals surface area contributed by atoms with Gasteiger partial charge in [-0.3, -0.25) is 4.90 Å². The molecule has 17 heavy (non-hydrogen) atoms. The maximum atomic E-state index is 6.18. The first-order chi connectivity index (χ1) is 8.06. The molecular formula is C13H19ClN2O. The Hall–Kier alpha value is -0.770. The van der Waals surface area contributed by atoms with Gasteiger partial charge >= 0.3 is 0 Å². The summed E-state index contributed by atoms with van der Waals surface area (Å²) in [6.45, 7) is 6.84. The van der Waals surface area contributed by atoms with Gasteiger partial charge in [0.2, 0.25) is 0 Å². The van der Waals surface area contributed by atoms with Crippen LogP contribution in [0.4, 0.5) is 5.69 Å². The lowest BCUT2D eigenvalue weighted by Crippen LogP contribution is -2.44. The number of hydrogen-bond donors (Lipinski definition) is 1. The van der Waals surface area contributed by atoms with Crippen molar-refractivity contribution in [2.24, 2.45) is 0 Å². The number of halogens is 1. The van der Waals surface area contributed by atoms with Crippen LogP contribution in [0.3, 0.4) is 0 Å². The molecule has 3 nitrogen and oxygen atoms in total. The summed E-state index contributed by atoms with van der Waals surface area (Å²) in [6.07, 6.45) is 0.532. The average molecular weight is 255 g/mol. The smallest absolute Gasteiger partial charge is 0.0678 e. The molecule has 1 saturated heterocycles. The Morgan fingerprint density at radius 2 is 2.00 bits per heavy atom. The predicted octanol–water partition coefficient (Wildman–Crippen LogP) is 2.53. The molecule has 1 aromatic rings. The zero-order valence-electron chi connectivity index (χ0n) is 10.3. The number of anilines is 1. The lowest BCUT2D eigenvalue weighted by molar-refractivity contribution is -0.0704. The van der Waals surface area contributed by atoms with Gasteiger partial charge in [-0.1, -0.05) is 17.7 Å². The fraction of sp³-hybridized carbons (Fsp3) is 0.538. The number of rotatable bonds is 2. The van der Waals surface area contributed by atoms with Crippen molar-refractivity contribution in [1.29, 1.82) is 0 Å². The predicted molar refractivity (Wildman–Crippen MR) is 71.2 cm³/mol. The van der Waals surface area contributed by atoms with E-state index in [0.717, 1.165) is 35.9 Å². The van der Waals surface area contributed by atoms with E-state index in [2.05, 4.69) is 18.7 Å². The van der Waals surface area contributed by atoms with Crippen LogP contribution in [0, 0.1) is 0 Å². The van der Waals surface area contributed by atoms with Gasteiger partial charge in [-0.25, -0.2) is 0 Å². The SMILES string of the molecule is C[C@@H]1CN(Cc2c(N)cccc2Cl)C[C@H](C)O1. The van der Waals surface area contributed by atoms with Gasteiger partial charge < -0.3 is 10.5 Å². The van der Waals surface area contributed by atoms with E-state index in [1.807, 2.05) is 18.2 Å². The molecule has 1 fully saturated rings. The molecule has 0 unspecified atom stereocenters. The maximum absolute atomic E-state index is 6.18. The molecule has 2 rings (SSSR count). The van der Waals surface area contributed by atoms with E-state index in [4.69, 9.17) is 22.1 Å². The number of nitrogens with zero attached hydrogens (tertiary/aromatic N) is 1. The van der Waals surface area contributed by atoms with E-state index in [1.165, 1.54) is 0 Å². The molecule has 0 aliphatic carbocycles. The van der Waals surface area contributed by atoms with Gasteiger partial charge in [0.05, 0.1) is 12.2 Å². The zero-order chi connectivity index (χ0) is 12.4. The van der Waals surface area contributed by atoms with Crippen LogP contribution in [0.5, 0.6) is 0 Å². The second kappa shape index (κ2) is 5.25. The Labute approximate surface area is 107 Å². The standard InChI is InChI=1S/C13H19ClN2O/c1-9-6-16(7-10(2)17-9)8-11-12(14)4-3-5-13(11)15/h3-5,9-10H,6-8,15H2,1-2H3/t9-,10+. The van der Waals surface area contributed by atoms with Crippen molar-refractivity contribution in [3.05, 3.63) is 28.8 Å². The fourth-order valence-corrected chi connectivity index (χ4v) is 2.62. The Morgan fingerprint density at radius 1 is 1.35 bits per heavy atom. The summed E-state index contributed by atoms with van der Waals surface area (Å²) < 4.78 is 5.71. The van der Waals surface area contributed by atoms with Gasteiger partial charge in [-0.2, -0.15) is 0 Å². The zero-order valence-corrected chi connectivity index (χ0v) is 11.1. The molecule has 2 N–H and O–H groups in total. The van der Waals surface area contributed by atoms with Crippen molar-refractivity contribution in [2.75, 3.05) is 18.8 Å². The molecule has 0 aromatic heterocycles. The molecule has 1 aliphatic rings. The van der Waals surface area contributed by atoms with Gasteiger partial charge in [0.25, 0.3) is 0 Å². The summed E-state index contributed by atoms with van der Waals surface area (Å²) in [7, 11) is 0. The van der Waals surface area contributed by atoms with Crippen molar-refractivity contribution >= 4 is 17.3 Å². The molecule has 1 aliphatic heterocycles. The summed E-state index contributed by atoms with van der Waals surface area (Å²) >= 11 is 6.18. The number of hydrogen-bond acceptors (Lipinski definition) is 3. The molecule has 0 bridgehead atoms. The molecule has 0 spiro atoms. The third-order valence-corrected chi connectivity index (χ3v) is 3.39. The van der Waals surface area contributed by atoms with Crippen LogP contribution in [-0.2, 0) is 11.3 Å². The van der Waals surface area contributed by atoms with E-state index in [0.29, 0.717) is 0 Å². The maximum Gasteiger partial charge on any atom is 0.0678 e. The summed E-state index contributed by atoms with van der Waals surface area (Å²) in [5.41, 5.74) is 7.76. The summed E-state index contributed by atoms with van der Waals surface area (Å²) in [5, 5.41) is 0.747. The topological polar surface area (TPSA) is 38.5 Å². The van der Waals surface area contributed by atoms with Crippen LogP contribution >= 0.6 is 11.6 Å². The molecule has 4 heteroatoms. The minimum Gasteiger partial charge on any atom is -0.398 e. The third-order valence-electron chi connectivity index (χ3n) is 3.03. The highest BCUT2D eigenvalue weighted by Crippen LogP contribution is 2.25. The van der Waals surface area contributed by atoms with Gasteiger partial charge in [-0.05, 0) is 26.0 Å². The molecular weight excluding hydrogens is 236 g/mol. The monoisotopic (exact) mass is 254 g/mol. The van der Waals surface area contributed by atoms with Crippen LogP contribution in [0.1, 0.15) is 19.4 Å². The number of benzene rings is 1. The quantitative estimate of drug-likeness (QED) is 0.825. The first kappa shape index (κ1) is 12.7. The average Bonchev–Trinajstić information content (AvgIpc) is 2.22. The van der Waals surface area contributed by atoms with E-state index in [9.17, 15) is 0 Å². The Morgan fingerprint density at radius 3 is 2.59 bits per heavy atom. The van der Waals surface area contributed by atoms with Crippen molar-refractivity contribution in [2.45, 2.75) is 32.6 Å². The first-order valence-electron chi connectivity index (χ1n) is 5.97. The van der Waals surface area contributed by atoms with Crippen molar-refractivity contribution in [3.8, 4) is 0 Å². The first-order valence-corrected chi connectivity index (χ1v) is 6.34. The highest BCUT2D eigenvalue weighted by molar-refractivity contribution is 6.31. The van der Waals surface area contributed by atoms with Crippen molar-refractivity contribution < 1.29 is 4.74 Å². The van der Waals surface area contributed by atoms with Gasteiger partial charge in [0.1, 0.15) is 0 Å². The van der Waals surface area contributed by atoms with Crippen LogP contribution in [0.25, 0.3) is 0 Å². The number of ether oxygens (including phenoxy) is 1. The summed E-state index contributed by atoms with van der Waals surface area (Å²) in [6, 6.07) is 5.67. The second-order valence-electron chi connectivity index (χ2n) is 4.76. The lowest BCUT2D eigenvalue weighted by Gasteiger charge is -2.35. The van der Waals surface area contributed by atoms with E-state index in [1.54, 1.807) is 0 Å². The highest BCUT2D eigenvalue weighted by atomic mass is 35.5. The number of morpholine rings is 1. The summed E-state index contributed by atoms with van der Waals surface area (Å²) in [4.78, 5) is 2.34. The molecule has 94 valence electrons. The van der Waals surface area contributed by atoms with Crippen LogP contribution in [0.2, 0.25) is 5.02 Å². The molecule has 0 radical (unpaired) electrons. The second-order valence-corrected chi connectivity index (χ2v) is 5.17. The minimum absolute atomic E-state index is 0.266. The number of nitrogen functional groups attached to an aromatic ring is 1. The minimum atomic E-state index is 0.266. The Balaban J connectivity index is 2.10. The summed E-state index contributed by atoms with van der Waals surface area (Å²) in [5.74, 6) is 0. The normalized spacial score (nSPS) is 26.1. The van der Waals surface area contributed by atoms with E-state index >= 15 is 0 Å². The van der Waals surface area contributed by atoms with Gasteiger partial charge in [0, 0.05) is 35.9 Å². The largest absolute Gasteiger partial charge is 0.398 e. The Kier molecular flexibility index (Phi) is 3.92. The fourth-order valence-electron chi connectivity index (χ4n) is 2.38. The molecule has 1 heterocycles. The van der Waals surface area contributed by atoms with Crippen molar-refractivity contribution in [3.63, 3.8) is 0 Å². The number of nitrogens with two attached hydrogens (primary N) is 1. The van der Waals surface area contributed by atoms with Gasteiger partial charge in [0.15, 0.2) is 0 Å². The third kappa shape index (κ3) is 3.12. The Bertz CT molecular complexity index is 367. The lowest BCUT2D eigenvalue weighted by atomic mass is 10.1. The molecule has 1 aromatic carbocycles. The van der Waals surface area contributed by atoms with E-state index < -0.39 is 0 Å². The van der Waals surface area contributed by atoms with Gasteiger partial charge in [-0.15, -0.1) is 0 Å². The van der Waals surface area contributed by atoms with Crippen LogP contribution in [0.15, 0.2) is 18.2 Å². The molecule has 0 amide bonds. The highest BCUT2D eigenvalue weighted by Gasteiger charge is 2.23. The van der Waals surface area contributed by atoms with Crippen LogP contribution in [-0.4, -0.2) is 30.2 Å².